The van der Waals surface area contributed by atoms with Crippen molar-refractivity contribution >= 4 is 29.0 Å². The van der Waals surface area contributed by atoms with E-state index >= 15 is 0 Å². The van der Waals surface area contributed by atoms with Crippen molar-refractivity contribution in [2.75, 3.05) is 0 Å². The van der Waals surface area contributed by atoms with Crippen LogP contribution in [0.25, 0.3) is 10.7 Å². The zero-order valence-electron chi connectivity index (χ0n) is 15.4. The molecule has 8 heteroatoms. The van der Waals surface area contributed by atoms with Gasteiger partial charge in [-0.3, -0.25) is 9.36 Å². The molecule has 6 nitrogen and oxygen atoms in total. The monoisotopic (exact) mass is 401 g/mol. The Hall–Kier alpha value is -1.85. The first-order chi connectivity index (χ1) is 13.1. The topological polar surface area (TPSA) is 83.6 Å². The van der Waals surface area contributed by atoms with Crippen LogP contribution in [-0.4, -0.2) is 31.5 Å². The van der Waals surface area contributed by atoms with Gasteiger partial charge in [0, 0.05) is 6.04 Å². The summed E-state index contributed by atoms with van der Waals surface area (Å²) in [6, 6.07) is 6.85. The Balaban J connectivity index is 1.49. The lowest BCUT2D eigenvalue weighted by Gasteiger charge is -2.32. The third-order valence-electron chi connectivity index (χ3n) is 5.25. The number of carbonyl (C=O) groups excluding carboxylic acids is 1. The lowest BCUT2D eigenvalue weighted by atomic mass is 9.83. The maximum Gasteiger partial charge on any atom is 0.234 e. The van der Waals surface area contributed by atoms with E-state index in [0.717, 1.165) is 60.8 Å². The van der Waals surface area contributed by atoms with Crippen LogP contribution in [0.4, 0.5) is 0 Å². The number of carbonyl (C=O) groups is 1. The third kappa shape index (κ3) is 3.90. The summed E-state index contributed by atoms with van der Waals surface area (Å²) in [4.78, 5) is 13.9. The Labute approximate surface area is 167 Å². The molecule has 2 saturated carbocycles. The highest BCUT2D eigenvalue weighted by atomic mass is 32.2. The lowest BCUT2D eigenvalue weighted by Crippen LogP contribution is -2.51. The first-order valence-electron chi connectivity index (χ1n) is 9.50. The number of nitriles is 1. The molecule has 0 unspecified atom stereocenters. The highest BCUT2D eigenvalue weighted by Gasteiger charge is 2.36. The van der Waals surface area contributed by atoms with E-state index in [0.29, 0.717) is 6.04 Å². The predicted octanol–water partition coefficient (Wildman–Crippen LogP) is 4.16. The molecule has 1 atom stereocenters. The van der Waals surface area contributed by atoms with Gasteiger partial charge in [-0.2, -0.15) is 5.26 Å². The van der Waals surface area contributed by atoms with Crippen molar-refractivity contribution in [2.45, 2.75) is 73.9 Å². The molecule has 27 heavy (non-hydrogen) atoms. The number of hydrogen-bond acceptors (Lipinski definition) is 6. The van der Waals surface area contributed by atoms with Gasteiger partial charge in [0.1, 0.15) is 5.54 Å². The summed E-state index contributed by atoms with van der Waals surface area (Å²) >= 11 is 3.09. The van der Waals surface area contributed by atoms with Crippen LogP contribution in [0.2, 0.25) is 0 Å². The minimum absolute atomic E-state index is 0.0912. The van der Waals surface area contributed by atoms with Crippen LogP contribution in [0.5, 0.6) is 0 Å². The Bertz CT molecular complexity index is 844. The molecule has 0 bridgehead atoms. The maximum absolute atomic E-state index is 12.8. The first kappa shape index (κ1) is 18.5. The van der Waals surface area contributed by atoms with E-state index in [2.05, 4.69) is 32.2 Å². The molecule has 2 aromatic rings. The quantitative estimate of drug-likeness (QED) is 0.735. The normalized spacial score (nSPS) is 20.0. The second-order valence-corrected chi connectivity index (χ2v) is 9.64. The highest BCUT2D eigenvalue weighted by Crippen LogP contribution is 2.42. The summed E-state index contributed by atoms with van der Waals surface area (Å²) in [7, 11) is 0. The van der Waals surface area contributed by atoms with Gasteiger partial charge < -0.3 is 5.32 Å². The lowest BCUT2D eigenvalue weighted by molar-refractivity contribution is -0.121. The molecule has 1 N–H and O–H groups in total. The van der Waals surface area contributed by atoms with Crippen LogP contribution in [0.15, 0.2) is 22.7 Å². The van der Waals surface area contributed by atoms with E-state index in [9.17, 15) is 10.1 Å². The Morgan fingerprint density at radius 3 is 2.81 bits per heavy atom. The summed E-state index contributed by atoms with van der Waals surface area (Å²) in [6.07, 6.45) is 6.87. The van der Waals surface area contributed by atoms with Crippen LogP contribution in [0, 0.1) is 11.3 Å². The molecule has 2 heterocycles. The highest BCUT2D eigenvalue weighted by molar-refractivity contribution is 8.00. The number of hydrogen-bond donors (Lipinski definition) is 1. The molecule has 0 aliphatic heterocycles. The Morgan fingerprint density at radius 1 is 1.41 bits per heavy atom. The fraction of sp³-hybridized carbons (Fsp3) is 0.579. The average molecular weight is 402 g/mol. The van der Waals surface area contributed by atoms with Crippen LogP contribution in [0.3, 0.4) is 0 Å². The van der Waals surface area contributed by atoms with E-state index in [1.165, 1.54) is 11.8 Å². The van der Waals surface area contributed by atoms with Crippen molar-refractivity contribution in [1.29, 1.82) is 5.26 Å². The van der Waals surface area contributed by atoms with Crippen LogP contribution >= 0.6 is 23.1 Å². The number of thiophene rings is 1. The van der Waals surface area contributed by atoms with Gasteiger partial charge >= 0.3 is 0 Å². The van der Waals surface area contributed by atoms with Crippen molar-refractivity contribution in [3.63, 3.8) is 0 Å². The summed E-state index contributed by atoms with van der Waals surface area (Å²) < 4.78 is 2.18. The minimum Gasteiger partial charge on any atom is -0.337 e. The van der Waals surface area contributed by atoms with Gasteiger partial charge in [0.05, 0.1) is 16.2 Å². The van der Waals surface area contributed by atoms with Gasteiger partial charge in [-0.05, 0) is 44.1 Å². The molecule has 0 spiro atoms. The van der Waals surface area contributed by atoms with Crippen molar-refractivity contribution in [1.82, 2.24) is 20.1 Å². The molecule has 142 valence electrons. The average Bonchev–Trinajstić information content (AvgIpc) is 3.20. The van der Waals surface area contributed by atoms with Crippen LogP contribution in [0.1, 0.15) is 57.9 Å². The zero-order chi connectivity index (χ0) is 18.9. The Kier molecular flexibility index (Phi) is 5.24. The molecule has 1 amide bonds. The van der Waals surface area contributed by atoms with Gasteiger partial charge in [-0.1, -0.05) is 37.1 Å². The van der Waals surface area contributed by atoms with Crippen LogP contribution in [-0.2, 0) is 4.79 Å². The molecule has 0 radical (unpaired) electrons. The fourth-order valence-corrected chi connectivity index (χ4v) is 5.19. The molecular weight excluding hydrogens is 378 g/mol. The molecular formula is C19H23N5OS2. The first-order valence-corrected chi connectivity index (χ1v) is 11.3. The number of nitrogens with one attached hydrogen (secondary N) is 1. The van der Waals surface area contributed by atoms with Gasteiger partial charge in [-0.15, -0.1) is 21.5 Å². The zero-order valence-corrected chi connectivity index (χ0v) is 17.0. The van der Waals surface area contributed by atoms with Crippen molar-refractivity contribution in [3.05, 3.63) is 17.5 Å². The molecule has 2 fully saturated rings. The summed E-state index contributed by atoms with van der Waals surface area (Å²) in [5.74, 6) is 0.801. The number of amides is 1. The Morgan fingerprint density at radius 2 is 2.19 bits per heavy atom. The van der Waals surface area contributed by atoms with Crippen molar-refractivity contribution < 1.29 is 4.79 Å². The molecule has 0 aromatic carbocycles. The van der Waals surface area contributed by atoms with E-state index in [1.807, 2.05) is 18.4 Å². The van der Waals surface area contributed by atoms with Crippen molar-refractivity contribution in [2.24, 2.45) is 0 Å². The molecule has 2 aliphatic carbocycles. The van der Waals surface area contributed by atoms with Gasteiger partial charge in [0.2, 0.25) is 5.91 Å². The molecule has 0 saturated heterocycles. The molecule has 4 rings (SSSR count). The molecule has 2 aliphatic rings. The largest absolute Gasteiger partial charge is 0.337 e. The van der Waals surface area contributed by atoms with Crippen LogP contribution < -0.4 is 5.32 Å². The number of rotatable bonds is 6. The standard InChI is InChI=1S/C19H23N5OS2/c1-13(17(25)21-19(12-20)9-3-2-4-10-19)27-18-23-22-16(15-6-5-11-26-15)24(18)14-7-8-14/h5-6,11,13-14H,2-4,7-10H2,1H3,(H,21,25)/t13-/m0/s1. The van der Waals surface area contributed by atoms with Gasteiger partial charge in [-0.25, -0.2) is 0 Å². The second kappa shape index (κ2) is 7.64. The number of thioether (sulfide) groups is 1. The third-order valence-corrected chi connectivity index (χ3v) is 7.18. The molecule has 2 aromatic heterocycles. The van der Waals surface area contributed by atoms with E-state index in [-0.39, 0.29) is 11.2 Å². The van der Waals surface area contributed by atoms with E-state index in [1.54, 1.807) is 11.3 Å². The summed E-state index contributed by atoms with van der Waals surface area (Å²) in [5, 5.41) is 23.9. The maximum atomic E-state index is 12.8. The second-order valence-electron chi connectivity index (χ2n) is 7.39. The predicted molar refractivity (Wildman–Crippen MR) is 106 cm³/mol. The SMILES string of the molecule is C[C@H](Sc1nnc(-c2cccs2)n1C1CC1)C(=O)NC1(C#N)CCCCC1. The van der Waals surface area contributed by atoms with Crippen molar-refractivity contribution in [3.8, 4) is 16.8 Å². The minimum atomic E-state index is -0.698. The van der Waals surface area contributed by atoms with E-state index < -0.39 is 5.54 Å². The number of aromatic nitrogens is 3. The summed E-state index contributed by atoms with van der Waals surface area (Å²) in [6.45, 7) is 1.88. The van der Waals surface area contributed by atoms with E-state index in [4.69, 9.17) is 0 Å². The smallest absolute Gasteiger partial charge is 0.234 e. The summed E-state index contributed by atoms with van der Waals surface area (Å²) in [5.41, 5.74) is -0.698. The van der Waals surface area contributed by atoms with Gasteiger partial charge in [0.15, 0.2) is 11.0 Å². The number of nitrogens with zero attached hydrogens (tertiary/aromatic N) is 4. The van der Waals surface area contributed by atoms with Gasteiger partial charge in [0.25, 0.3) is 0 Å². The fourth-order valence-electron chi connectivity index (χ4n) is 3.56.